The summed E-state index contributed by atoms with van der Waals surface area (Å²) >= 11 is 0. The number of aryl methyl sites for hydroxylation is 1. The molecular formula is C16H18N6O2. The molecule has 8 heteroatoms. The van der Waals surface area contributed by atoms with E-state index in [2.05, 4.69) is 15.6 Å². The molecule has 0 atom stereocenters. The van der Waals surface area contributed by atoms with E-state index in [-0.39, 0.29) is 18.4 Å². The molecule has 0 aliphatic heterocycles. The van der Waals surface area contributed by atoms with E-state index in [1.807, 2.05) is 25.1 Å². The molecule has 0 aliphatic rings. The number of aromatic nitrogens is 4. The summed E-state index contributed by atoms with van der Waals surface area (Å²) in [4.78, 5) is 24.0. The molecule has 0 bridgehead atoms. The fourth-order valence-corrected chi connectivity index (χ4v) is 2.62. The number of carbonyl (C=O) groups is 2. The maximum atomic E-state index is 12.7. The van der Waals surface area contributed by atoms with Gasteiger partial charge in [-0.15, -0.1) is 5.10 Å². The zero-order chi connectivity index (χ0) is 17.3. The van der Waals surface area contributed by atoms with Gasteiger partial charge in [-0.05, 0) is 19.1 Å². The quantitative estimate of drug-likeness (QED) is 0.711. The number of nitrogens with zero attached hydrogens (tertiary/aromatic N) is 4. The van der Waals surface area contributed by atoms with E-state index in [1.165, 1.54) is 10.9 Å². The number of hydrogen-bond donors (Lipinski definition) is 2. The monoisotopic (exact) mass is 326 g/mol. The van der Waals surface area contributed by atoms with E-state index in [4.69, 9.17) is 5.73 Å². The minimum absolute atomic E-state index is 0.00600. The van der Waals surface area contributed by atoms with Gasteiger partial charge in [-0.1, -0.05) is 24.3 Å². The molecule has 3 aromatic rings. The Morgan fingerprint density at radius 1 is 1.33 bits per heavy atom. The molecule has 24 heavy (non-hydrogen) atoms. The van der Waals surface area contributed by atoms with Crippen LogP contribution in [0.3, 0.4) is 0 Å². The lowest BCUT2D eigenvalue weighted by Gasteiger charge is -2.08. The number of nitrogens with two attached hydrogens (primary N) is 1. The molecule has 0 saturated heterocycles. The highest BCUT2D eigenvalue weighted by molar-refractivity contribution is 5.99. The van der Waals surface area contributed by atoms with E-state index in [1.54, 1.807) is 17.6 Å². The summed E-state index contributed by atoms with van der Waals surface area (Å²) in [5.41, 5.74) is 8.06. The third-order valence-electron chi connectivity index (χ3n) is 3.71. The Kier molecular flexibility index (Phi) is 4.03. The first-order valence-corrected chi connectivity index (χ1v) is 7.59. The maximum absolute atomic E-state index is 12.7. The van der Waals surface area contributed by atoms with Crippen LogP contribution in [-0.4, -0.2) is 31.4 Å². The van der Waals surface area contributed by atoms with Gasteiger partial charge in [-0.25, -0.2) is 4.68 Å². The summed E-state index contributed by atoms with van der Waals surface area (Å²) in [6.07, 6.45) is 1.87. The summed E-state index contributed by atoms with van der Waals surface area (Å²) in [7, 11) is 0. The van der Waals surface area contributed by atoms with E-state index >= 15 is 0 Å². The van der Waals surface area contributed by atoms with Crippen molar-refractivity contribution in [3.8, 4) is 0 Å². The van der Waals surface area contributed by atoms with Crippen molar-refractivity contribution in [3.63, 3.8) is 0 Å². The van der Waals surface area contributed by atoms with Gasteiger partial charge < -0.3 is 11.1 Å². The van der Waals surface area contributed by atoms with Crippen LogP contribution in [0.25, 0.3) is 10.9 Å². The average molecular weight is 326 g/mol. The first kappa shape index (κ1) is 15.7. The molecule has 0 unspecified atom stereocenters. The minimum atomic E-state index is -0.182. The van der Waals surface area contributed by atoms with Crippen molar-refractivity contribution in [2.75, 3.05) is 11.1 Å². The van der Waals surface area contributed by atoms with Crippen LogP contribution in [0.2, 0.25) is 0 Å². The van der Waals surface area contributed by atoms with Gasteiger partial charge in [0.05, 0.1) is 17.4 Å². The summed E-state index contributed by atoms with van der Waals surface area (Å²) in [5, 5.41) is 11.2. The van der Waals surface area contributed by atoms with Gasteiger partial charge in [0.1, 0.15) is 6.54 Å². The molecule has 0 saturated carbocycles. The maximum Gasteiger partial charge on any atom is 0.253 e. The molecule has 2 heterocycles. The van der Waals surface area contributed by atoms with Gasteiger partial charge in [0.2, 0.25) is 5.91 Å². The third kappa shape index (κ3) is 2.85. The first-order valence-electron chi connectivity index (χ1n) is 7.59. The Morgan fingerprint density at radius 2 is 2.12 bits per heavy atom. The number of nitrogen functional groups attached to an aromatic ring is 1. The van der Waals surface area contributed by atoms with Gasteiger partial charge in [0.25, 0.3) is 5.91 Å². The molecule has 0 aliphatic carbocycles. The normalized spacial score (nSPS) is 10.9. The van der Waals surface area contributed by atoms with Gasteiger partial charge >= 0.3 is 0 Å². The van der Waals surface area contributed by atoms with Crippen molar-refractivity contribution in [1.29, 1.82) is 0 Å². The molecule has 0 radical (unpaired) electrons. The van der Waals surface area contributed by atoms with Crippen molar-refractivity contribution < 1.29 is 9.59 Å². The highest BCUT2D eigenvalue weighted by Crippen LogP contribution is 2.25. The number of fused-ring (bicyclic) bond motifs is 1. The van der Waals surface area contributed by atoms with Crippen molar-refractivity contribution in [1.82, 2.24) is 19.6 Å². The lowest BCUT2D eigenvalue weighted by Crippen LogP contribution is -2.19. The average Bonchev–Trinajstić information content (AvgIpc) is 3.11. The number of benzene rings is 1. The first-order chi connectivity index (χ1) is 11.5. The molecule has 3 N–H and O–H groups in total. The van der Waals surface area contributed by atoms with Crippen LogP contribution < -0.4 is 11.1 Å². The van der Waals surface area contributed by atoms with E-state index in [9.17, 15) is 9.59 Å². The second kappa shape index (κ2) is 6.15. The molecular weight excluding hydrogens is 308 g/mol. The van der Waals surface area contributed by atoms with E-state index < -0.39 is 0 Å². The van der Waals surface area contributed by atoms with Gasteiger partial charge in [0, 0.05) is 17.5 Å². The van der Waals surface area contributed by atoms with Crippen LogP contribution in [0.15, 0.2) is 30.5 Å². The van der Waals surface area contributed by atoms with Gasteiger partial charge in [-0.3, -0.25) is 14.2 Å². The predicted octanol–water partition coefficient (Wildman–Crippen LogP) is 1.81. The van der Waals surface area contributed by atoms with Gasteiger partial charge in [-0.2, -0.15) is 0 Å². The van der Waals surface area contributed by atoms with E-state index in [0.717, 1.165) is 11.1 Å². The van der Waals surface area contributed by atoms with Crippen LogP contribution in [0.5, 0.6) is 0 Å². The Hall–Kier alpha value is -3.16. The molecule has 0 spiro atoms. The van der Waals surface area contributed by atoms with Crippen molar-refractivity contribution in [3.05, 3.63) is 36.2 Å². The molecule has 1 aromatic carbocycles. The molecule has 0 fully saturated rings. The summed E-state index contributed by atoms with van der Waals surface area (Å²) < 4.78 is 2.97. The zero-order valence-electron chi connectivity index (χ0n) is 13.5. The Morgan fingerprint density at radius 3 is 2.88 bits per heavy atom. The number of nitrogens with one attached hydrogen (secondary N) is 1. The smallest absolute Gasteiger partial charge is 0.253 e. The fourth-order valence-electron chi connectivity index (χ4n) is 2.62. The molecule has 2 aromatic heterocycles. The topological polar surface area (TPSA) is 108 Å². The molecule has 3 rings (SSSR count). The number of anilines is 2. The standard InChI is InChI=1S/C16H18N6O2/c1-3-14(23)18-13-8-21(20-19-13)9-15(24)22-10(2)7-11-5-4-6-12(17)16(11)22/h4-8H,3,9,17H2,1-2H3,(H,18,23). The lowest BCUT2D eigenvalue weighted by atomic mass is 10.2. The van der Waals surface area contributed by atoms with Crippen LogP contribution >= 0.6 is 0 Å². The molecule has 8 nitrogen and oxygen atoms in total. The lowest BCUT2D eigenvalue weighted by molar-refractivity contribution is -0.115. The van der Waals surface area contributed by atoms with Crippen molar-refractivity contribution >= 4 is 34.2 Å². The van der Waals surface area contributed by atoms with Crippen LogP contribution in [0.1, 0.15) is 23.8 Å². The second-order valence-electron chi connectivity index (χ2n) is 5.50. The summed E-state index contributed by atoms with van der Waals surface area (Å²) in [5.74, 6) is -0.0182. The fraction of sp³-hybridized carbons (Fsp3) is 0.250. The Bertz CT molecular complexity index is 924. The number of hydrogen-bond acceptors (Lipinski definition) is 5. The highest BCUT2D eigenvalue weighted by Gasteiger charge is 2.16. The predicted molar refractivity (Wildman–Crippen MR) is 90.7 cm³/mol. The largest absolute Gasteiger partial charge is 0.397 e. The molecule has 124 valence electrons. The Balaban J connectivity index is 1.86. The molecule has 1 amide bonds. The number of carbonyl (C=O) groups excluding carboxylic acids is 2. The third-order valence-corrected chi connectivity index (χ3v) is 3.71. The zero-order valence-corrected chi connectivity index (χ0v) is 13.5. The van der Waals surface area contributed by atoms with Crippen LogP contribution in [0.4, 0.5) is 11.5 Å². The SMILES string of the molecule is CCC(=O)Nc1cn(CC(=O)n2c(C)cc3cccc(N)c32)nn1. The van der Waals surface area contributed by atoms with Crippen molar-refractivity contribution in [2.24, 2.45) is 0 Å². The number of rotatable bonds is 4. The van der Waals surface area contributed by atoms with Crippen molar-refractivity contribution in [2.45, 2.75) is 26.8 Å². The second-order valence-corrected chi connectivity index (χ2v) is 5.50. The number of para-hydroxylation sites is 1. The van der Waals surface area contributed by atoms with Crippen LogP contribution in [0, 0.1) is 6.92 Å². The van der Waals surface area contributed by atoms with E-state index in [0.29, 0.717) is 23.4 Å². The minimum Gasteiger partial charge on any atom is -0.397 e. The summed E-state index contributed by atoms with van der Waals surface area (Å²) in [6, 6.07) is 7.44. The summed E-state index contributed by atoms with van der Waals surface area (Å²) in [6.45, 7) is 3.59. The Labute approximate surface area is 138 Å². The van der Waals surface area contributed by atoms with Crippen LogP contribution in [-0.2, 0) is 11.3 Å². The van der Waals surface area contributed by atoms with Gasteiger partial charge in [0.15, 0.2) is 5.82 Å². The number of amides is 1. The highest BCUT2D eigenvalue weighted by atomic mass is 16.2.